The molecule has 5 aromatic rings. The largest absolute Gasteiger partial charge is 0.508 e. The van der Waals surface area contributed by atoms with E-state index in [1.165, 1.54) is 15.7 Å². The van der Waals surface area contributed by atoms with Crippen LogP contribution in [0.1, 0.15) is 51.5 Å². The van der Waals surface area contributed by atoms with Gasteiger partial charge in [0.15, 0.2) is 5.69 Å². The van der Waals surface area contributed by atoms with Crippen LogP contribution >= 0.6 is 11.3 Å². The molecule has 1 aliphatic carbocycles. The van der Waals surface area contributed by atoms with Crippen molar-refractivity contribution in [2.24, 2.45) is 0 Å². The highest BCUT2D eigenvalue weighted by atomic mass is 32.1. The fourth-order valence-corrected chi connectivity index (χ4v) is 6.39. The third kappa shape index (κ3) is 3.61. The van der Waals surface area contributed by atoms with Gasteiger partial charge in [-0.25, -0.2) is 4.79 Å². The van der Waals surface area contributed by atoms with Crippen LogP contribution in [0.2, 0.25) is 0 Å². The number of nitrogens with zero attached hydrogens (tertiary/aromatic N) is 1. The summed E-state index contributed by atoms with van der Waals surface area (Å²) in [4.78, 5) is 27.0. The Morgan fingerprint density at radius 3 is 2.54 bits per heavy atom. The lowest BCUT2D eigenvalue weighted by atomic mass is 9.95. The number of carboxylic acid groups (broad SMARTS) is 1. The number of phenolic OH excluding ortho intramolecular Hbond substituents is 1. The first-order valence-corrected chi connectivity index (χ1v) is 12.5. The molecule has 2 aromatic heterocycles. The van der Waals surface area contributed by atoms with Crippen molar-refractivity contribution < 1.29 is 15.0 Å². The molecule has 6 rings (SSSR count). The molecule has 0 unspecified atom stereocenters. The van der Waals surface area contributed by atoms with Crippen molar-refractivity contribution >= 4 is 32.9 Å². The molecule has 0 radical (unpaired) electrons. The Morgan fingerprint density at radius 2 is 1.80 bits per heavy atom. The molecule has 35 heavy (non-hydrogen) atoms. The van der Waals surface area contributed by atoms with Gasteiger partial charge in [0.2, 0.25) is 0 Å². The minimum absolute atomic E-state index is 0.0151. The molecular weight excluding hydrogens is 458 g/mol. The molecule has 174 valence electrons. The van der Waals surface area contributed by atoms with E-state index < -0.39 is 5.97 Å². The maximum absolute atomic E-state index is 13.4. The Balaban J connectivity index is 1.60. The standard InChI is InChI=1S/C29H23NO4S/c1-16-13-20(11-12-23(16)31)27-26(29(33)34)30-24(32)15-21(25(18-9-10-18)28(30)35-27)14-19-7-4-6-17-5-2-3-8-22(17)19/h2-8,11-13,15,18,31H,9-10,14H2,1H3,(H,33,34). The number of hydrogen-bond acceptors (Lipinski definition) is 4. The number of phenols is 1. The number of hydrogen-bond donors (Lipinski definition) is 2. The van der Waals surface area contributed by atoms with Gasteiger partial charge < -0.3 is 10.2 Å². The predicted molar refractivity (Wildman–Crippen MR) is 139 cm³/mol. The first-order valence-electron chi connectivity index (χ1n) is 11.6. The first kappa shape index (κ1) is 21.6. The van der Waals surface area contributed by atoms with Gasteiger partial charge in [0, 0.05) is 6.07 Å². The average molecular weight is 482 g/mol. The Labute approximate surface area is 205 Å². The van der Waals surface area contributed by atoms with Crippen molar-refractivity contribution in [1.29, 1.82) is 0 Å². The summed E-state index contributed by atoms with van der Waals surface area (Å²) in [6.45, 7) is 1.77. The Hall–Kier alpha value is -3.90. The minimum Gasteiger partial charge on any atom is -0.508 e. The molecule has 1 fully saturated rings. The van der Waals surface area contributed by atoms with Crippen LogP contribution in [-0.4, -0.2) is 20.6 Å². The zero-order valence-electron chi connectivity index (χ0n) is 19.1. The van der Waals surface area contributed by atoms with E-state index in [9.17, 15) is 19.8 Å². The SMILES string of the molecule is Cc1cc(-c2sc3c(C4CC4)c(Cc4cccc5ccccc45)cc(=O)n3c2C(=O)O)ccc1O. The van der Waals surface area contributed by atoms with E-state index in [-0.39, 0.29) is 17.0 Å². The van der Waals surface area contributed by atoms with Gasteiger partial charge in [0.25, 0.3) is 5.56 Å². The number of rotatable bonds is 5. The number of aryl methyl sites for hydroxylation is 1. The van der Waals surface area contributed by atoms with E-state index in [2.05, 4.69) is 24.3 Å². The number of benzene rings is 3. The summed E-state index contributed by atoms with van der Waals surface area (Å²) >= 11 is 1.36. The number of carbonyl (C=O) groups is 1. The van der Waals surface area contributed by atoms with E-state index in [4.69, 9.17) is 0 Å². The number of thiazole rings is 1. The Bertz CT molecular complexity index is 1700. The normalized spacial score (nSPS) is 13.5. The van der Waals surface area contributed by atoms with E-state index in [0.717, 1.165) is 40.3 Å². The van der Waals surface area contributed by atoms with Crippen LogP contribution in [0.15, 0.2) is 71.5 Å². The maximum atomic E-state index is 13.4. The lowest BCUT2D eigenvalue weighted by Crippen LogP contribution is -2.19. The van der Waals surface area contributed by atoms with Gasteiger partial charge in [-0.3, -0.25) is 9.20 Å². The molecule has 6 heteroatoms. The molecular formula is C29H23NO4S. The van der Waals surface area contributed by atoms with Crippen molar-refractivity contribution in [3.8, 4) is 16.2 Å². The lowest BCUT2D eigenvalue weighted by molar-refractivity contribution is 0.0690. The molecule has 2 heterocycles. The Kier molecular flexibility index (Phi) is 5.00. The summed E-state index contributed by atoms with van der Waals surface area (Å²) in [5.74, 6) is -0.659. The molecule has 0 aliphatic heterocycles. The fourth-order valence-electron chi connectivity index (χ4n) is 5.00. The number of pyridine rings is 1. The molecule has 0 bridgehead atoms. The number of carboxylic acids is 1. The number of fused-ring (bicyclic) bond motifs is 2. The average Bonchev–Trinajstić information content (AvgIpc) is 3.59. The smallest absolute Gasteiger partial charge is 0.354 e. The zero-order valence-corrected chi connectivity index (χ0v) is 19.9. The van der Waals surface area contributed by atoms with Crippen LogP contribution in [0.4, 0.5) is 0 Å². The first-order chi connectivity index (χ1) is 16.9. The highest BCUT2D eigenvalue weighted by Gasteiger charge is 2.32. The maximum Gasteiger partial charge on any atom is 0.354 e. The van der Waals surface area contributed by atoms with Crippen molar-refractivity contribution in [2.45, 2.75) is 32.1 Å². The molecule has 1 saturated carbocycles. The van der Waals surface area contributed by atoms with Gasteiger partial charge in [-0.2, -0.15) is 0 Å². The van der Waals surface area contributed by atoms with E-state index in [1.807, 2.05) is 18.2 Å². The van der Waals surface area contributed by atoms with E-state index in [1.54, 1.807) is 31.2 Å². The van der Waals surface area contributed by atoms with Crippen molar-refractivity contribution in [3.05, 3.63) is 105 Å². The summed E-state index contributed by atoms with van der Waals surface area (Å²) < 4.78 is 1.38. The topological polar surface area (TPSA) is 79.0 Å². The van der Waals surface area contributed by atoms with Crippen LogP contribution < -0.4 is 5.56 Å². The highest BCUT2D eigenvalue weighted by molar-refractivity contribution is 7.21. The van der Waals surface area contributed by atoms with Crippen LogP contribution in [0, 0.1) is 6.92 Å². The molecule has 5 nitrogen and oxygen atoms in total. The van der Waals surface area contributed by atoms with Crippen molar-refractivity contribution in [3.63, 3.8) is 0 Å². The van der Waals surface area contributed by atoms with Crippen molar-refractivity contribution in [2.75, 3.05) is 0 Å². The van der Waals surface area contributed by atoms with Crippen molar-refractivity contribution in [1.82, 2.24) is 4.40 Å². The second kappa shape index (κ2) is 8.10. The summed E-state index contributed by atoms with van der Waals surface area (Å²) in [5.41, 5.74) is 4.21. The third-order valence-corrected chi connectivity index (χ3v) is 8.07. The van der Waals surface area contributed by atoms with Crippen LogP contribution in [0.3, 0.4) is 0 Å². The van der Waals surface area contributed by atoms with E-state index in [0.29, 0.717) is 33.2 Å². The molecule has 0 amide bonds. The Morgan fingerprint density at radius 1 is 1.03 bits per heavy atom. The van der Waals surface area contributed by atoms with Gasteiger partial charge in [-0.15, -0.1) is 11.3 Å². The van der Waals surface area contributed by atoms with E-state index >= 15 is 0 Å². The monoisotopic (exact) mass is 481 g/mol. The molecule has 3 aromatic carbocycles. The van der Waals surface area contributed by atoms with Gasteiger partial charge in [0.05, 0.1) is 4.88 Å². The zero-order chi connectivity index (χ0) is 24.3. The third-order valence-electron chi connectivity index (χ3n) is 6.84. The minimum atomic E-state index is -1.14. The summed E-state index contributed by atoms with van der Waals surface area (Å²) in [5, 5.41) is 22.4. The van der Waals surface area contributed by atoms with Gasteiger partial charge >= 0.3 is 5.97 Å². The lowest BCUT2D eigenvalue weighted by Gasteiger charge is -2.13. The molecule has 1 aliphatic rings. The quantitative estimate of drug-likeness (QED) is 0.306. The molecule has 0 atom stereocenters. The number of aromatic hydroxyl groups is 1. The summed E-state index contributed by atoms with van der Waals surface area (Å²) in [6, 6.07) is 21.1. The molecule has 0 saturated heterocycles. The molecule has 0 spiro atoms. The second-order valence-corrected chi connectivity index (χ2v) is 10.2. The van der Waals surface area contributed by atoms with Gasteiger partial charge in [0.1, 0.15) is 10.6 Å². The van der Waals surface area contributed by atoms with Gasteiger partial charge in [-0.05, 0) is 88.9 Å². The van der Waals surface area contributed by atoms with Crippen LogP contribution in [-0.2, 0) is 6.42 Å². The predicted octanol–water partition coefficient (Wildman–Crippen LogP) is 6.36. The number of aromatic carboxylic acids is 1. The summed E-state index contributed by atoms with van der Waals surface area (Å²) in [6.07, 6.45) is 2.68. The highest BCUT2D eigenvalue weighted by Crippen LogP contribution is 2.47. The fraction of sp³-hybridized carbons (Fsp3) is 0.172. The van der Waals surface area contributed by atoms with Crippen LogP contribution in [0.25, 0.3) is 26.0 Å². The van der Waals surface area contributed by atoms with Gasteiger partial charge in [-0.1, -0.05) is 42.5 Å². The van der Waals surface area contributed by atoms with Crippen LogP contribution in [0.5, 0.6) is 5.75 Å². The second-order valence-electron chi connectivity index (χ2n) is 9.24. The molecule has 2 N–H and O–H groups in total. The summed E-state index contributed by atoms with van der Waals surface area (Å²) in [7, 11) is 0. The number of aromatic nitrogens is 1.